The summed E-state index contributed by atoms with van der Waals surface area (Å²) >= 11 is 1.76. The number of ketones is 1. The number of rotatable bonds is 7. The van der Waals surface area contributed by atoms with Crippen molar-refractivity contribution in [2.45, 2.75) is 25.2 Å². The molecule has 21 heavy (non-hydrogen) atoms. The molecule has 0 unspecified atom stereocenters. The molecule has 0 bridgehead atoms. The zero-order valence-corrected chi connectivity index (χ0v) is 13.2. The van der Waals surface area contributed by atoms with Gasteiger partial charge in [0.2, 0.25) is 0 Å². The molecule has 0 atom stereocenters. The summed E-state index contributed by atoms with van der Waals surface area (Å²) in [5.74, 6) is 1.63. The zero-order valence-electron chi connectivity index (χ0n) is 12.3. The minimum Gasteiger partial charge on any atom is -0.492 e. The van der Waals surface area contributed by atoms with Crippen molar-refractivity contribution in [3.8, 4) is 5.75 Å². The van der Waals surface area contributed by atoms with Crippen LogP contribution in [0.4, 0.5) is 0 Å². The van der Waals surface area contributed by atoms with Gasteiger partial charge in [-0.1, -0.05) is 13.8 Å². The summed E-state index contributed by atoms with van der Waals surface area (Å²) in [6.45, 7) is 4.78. The van der Waals surface area contributed by atoms with Crippen LogP contribution in [0.1, 0.15) is 36.2 Å². The first-order valence-corrected chi connectivity index (χ1v) is 8.08. The lowest BCUT2D eigenvalue weighted by atomic mass is 10.1. The van der Waals surface area contributed by atoms with E-state index >= 15 is 0 Å². The fourth-order valence-corrected chi connectivity index (χ4v) is 2.54. The van der Waals surface area contributed by atoms with E-state index in [4.69, 9.17) is 4.74 Å². The standard InChI is InChI=1S/C17H19NO2S/c1-3-9-20-15-10-14(11-18-12-15)17(19)13-5-7-16(8-6-13)21-4-2/h5-8,10-12H,3-4,9H2,1-2H3. The Labute approximate surface area is 129 Å². The topological polar surface area (TPSA) is 39.2 Å². The number of hydrogen-bond acceptors (Lipinski definition) is 4. The quantitative estimate of drug-likeness (QED) is 0.567. The highest BCUT2D eigenvalue weighted by molar-refractivity contribution is 7.99. The van der Waals surface area contributed by atoms with Crippen LogP contribution in [0.3, 0.4) is 0 Å². The highest BCUT2D eigenvalue weighted by Gasteiger charge is 2.10. The molecule has 1 aromatic heterocycles. The van der Waals surface area contributed by atoms with E-state index in [9.17, 15) is 4.79 Å². The Balaban J connectivity index is 2.15. The van der Waals surface area contributed by atoms with Crippen molar-refractivity contribution in [3.63, 3.8) is 0 Å². The lowest BCUT2D eigenvalue weighted by Crippen LogP contribution is -2.03. The van der Waals surface area contributed by atoms with Crippen molar-refractivity contribution >= 4 is 17.5 Å². The molecule has 2 aromatic rings. The second kappa shape index (κ2) is 7.84. The summed E-state index contributed by atoms with van der Waals surface area (Å²) in [6, 6.07) is 9.43. The van der Waals surface area contributed by atoms with Gasteiger partial charge in [0.15, 0.2) is 5.78 Å². The molecular formula is C17H19NO2S. The molecule has 0 N–H and O–H groups in total. The molecule has 0 radical (unpaired) electrons. The summed E-state index contributed by atoms with van der Waals surface area (Å²) in [7, 11) is 0. The van der Waals surface area contributed by atoms with Crippen LogP contribution in [-0.2, 0) is 0 Å². The molecule has 4 heteroatoms. The van der Waals surface area contributed by atoms with Crippen LogP contribution < -0.4 is 4.74 Å². The molecule has 0 aliphatic carbocycles. The first kappa shape index (κ1) is 15.6. The SMILES string of the molecule is CCCOc1cncc(C(=O)c2ccc(SCC)cc2)c1. The van der Waals surface area contributed by atoms with E-state index < -0.39 is 0 Å². The van der Waals surface area contributed by atoms with E-state index in [1.165, 1.54) is 4.90 Å². The molecular weight excluding hydrogens is 282 g/mol. The molecule has 0 amide bonds. The van der Waals surface area contributed by atoms with E-state index in [1.54, 1.807) is 30.2 Å². The van der Waals surface area contributed by atoms with Crippen LogP contribution in [0.15, 0.2) is 47.6 Å². The van der Waals surface area contributed by atoms with Gasteiger partial charge in [-0.2, -0.15) is 0 Å². The largest absolute Gasteiger partial charge is 0.492 e. The molecule has 1 aromatic carbocycles. The Kier molecular flexibility index (Phi) is 5.81. The molecule has 0 aliphatic rings. The van der Waals surface area contributed by atoms with E-state index in [0.29, 0.717) is 23.5 Å². The lowest BCUT2D eigenvalue weighted by molar-refractivity contribution is 0.103. The maximum atomic E-state index is 12.4. The number of ether oxygens (including phenoxy) is 1. The summed E-state index contributed by atoms with van der Waals surface area (Å²) in [4.78, 5) is 17.7. The Morgan fingerprint density at radius 1 is 1.14 bits per heavy atom. The molecule has 0 fully saturated rings. The van der Waals surface area contributed by atoms with Gasteiger partial charge in [0.05, 0.1) is 12.8 Å². The average Bonchev–Trinajstić information content (AvgIpc) is 2.53. The van der Waals surface area contributed by atoms with E-state index in [1.807, 2.05) is 31.2 Å². The van der Waals surface area contributed by atoms with Gasteiger partial charge in [0.25, 0.3) is 0 Å². The monoisotopic (exact) mass is 301 g/mol. The van der Waals surface area contributed by atoms with Crippen molar-refractivity contribution in [3.05, 3.63) is 53.9 Å². The minimum atomic E-state index is -0.0301. The van der Waals surface area contributed by atoms with Gasteiger partial charge >= 0.3 is 0 Å². The molecule has 0 saturated carbocycles. The molecule has 3 nitrogen and oxygen atoms in total. The van der Waals surface area contributed by atoms with Gasteiger partial charge < -0.3 is 4.74 Å². The normalized spacial score (nSPS) is 10.4. The minimum absolute atomic E-state index is 0.0301. The smallest absolute Gasteiger partial charge is 0.194 e. The Morgan fingerprint density at radius 3 is 2.57 bits per heavy atom. The van der Waals surface area contributed by atoms with Crippen LogP contribution in [0, 0.1) is 0 Å². The average molecular weight is 301 g/mol. The van der Waals surface area contributed by atoms with Gasteiger partial charge in [-0.3, -0.25) is 9.78 Å². The number of pyridine rings is 1. The van der Waals surface area contributed by atoms with Crippen molar-refractivity contribution in [2.75, 3.05) is 12.4 Å². The van der Waals surface area contributed by atoms with Gasteiger partial charge in [-0.15, -0.1) is 11.8 Å². The number of aromatic nitrogens is 1. The van der Waals surface area contributed by atoms with Crippen molar-refractivity contribution in [2.24, 2.45) is 0 Å². The highest BCUT2D eigenvalue weighted by Crippen LogP contribution is 2.20. The maximum absolute atomic E-state index is 12.4. The molecule has 0 saturated heterocycles. The number of thioether (sulfide) groups is 1. The van der Waals surface area contributed by atoms with Gasteiger partial charge in [0.1, 0.15) is 5.75 Å². The lowest BCUT2D eigenvalue weighted by Gasteiger charge is -2.06. The molecule has 2 rings (SSSR count). The first-order chi connectivity index (χ1) is 10.2. The predicted molar refractivity (Wildman–Crippen MR) is 86.3 cm³/mol. The second-order valence-electron chi connectivity index (χ2n) is 4.54. The van der Waals surface area contributed by atoms with Crippen molar-refractivity contribution in [1.82, 2.24) is 4.98 Å². The Morgan fingerprint density at radius 2 is 1.90 bits per heavy atom. The van der Waals surface area contributed by atoms with Crippen LogP contribution in [-0.4, -0.2) is 23.1 Å². The van der Waals surface area contributed by atoms with Crippen LogP contribution in [0.2, 0.25) is 0 Å². The van der Waals surface area contributed by atoms with E-state index in [2.05, 4.69) is 11.9 Å². The van der Waals surface area contributed by atoms with Gasteiger partial charge in [-0.25, -0.2) is 0 Å². The summed E-state index contributed by atoms with van der Waals surface area (Å²) in [5, 5.41) is 0. The molecule has 110 valence electrons. The second-order valence-corrected chi connectivity index (χ2v) is 5.88. The third kappa shape index (κ3) is 4.33. The fraction of sp³-hybridized carbons (Fsp3) is 0.294. The highest BCUT2D eigenvalue weighted by atomic mass is 32.2. The van der Waals surface area contributed by atoms with Crippen molar-refractivity contribution < 1.29 is 9.53 Å². The van der Waals surface area contributed by atoms with E-state index in [-0.39, 0.29) is 5.78 Å². The predicted octanol–water partition coefficient (Wildman–Crippen LogP) is 4.21. The van der Waals surface area contributed by atoms with Crippen LogP contribution in [0.25, 0.3) is 0 Å². The van der Waals surface area contributed by atoms with Crippen molar-refractivity contribution in [1.29, 1.82) is 0 Å². The van der Waals surface area contributed by atoms with E-state index in [0.717, 1.165) is 12.2 Å². The molecule has 0 aliphatic heterocycles. The fourth-order valence-electron chi connectivity index (χ4n) is 1.88. The maximum Gasteiger partial charge on any atom is 0.194 e. The Bertz CT molecular complexity index is 596. The summed E-state index contributed by atoms with van der Waals surface area (Å²) < 4.78 is 5.51. The number of nitrogens with zero attached hydrogens (tertiary/aromatic N) is 1. The van der Waals surface area contributed by atoms with Crippen LogP contribution >= 0.6 is 11.8 Å². The first-order valence-electron chi connectivity index (χ1n) is 7.10. The van der Waals surface area contributed by atoms with Gasteiger partial charge in [-0.05, 0) is 42.5 Å². The Hall–Kier alpha value is -1.81. The van der Waals surface area contributed by atoms with Crippen LogP contribution in [0.5, 0.6) is 5.75 Å². The summed E-state index contributed by atoms with van der Waals surface area (Å²) in [5.41, 5.74) is 1.23. The number of benzene rings is 1. The summed E-state index contributed by atoms with van der Waals surface area (Å²) in [6.07, 6.45) is 4.14. The zero-order chi connectivity index (χ0) is 15.1. The van der Waals surface area contributed by atoms with Gasteiger partial charge in [0, 0.05) is 22.2 Å². The molecule has 0 spiro atoms. The molecule has 1 heterocycles. The third-order valence-corrected chi connectivity index (χ3v) is 3.77. The number of carbonyl (C=O) groups is 1. The number of hydrogen-bond donors (Lipinski definition) is 0. The number of carbonyl (C=O) groups excluding carboxylic acids is 1. The third-order valence-electron chi connectivity index (χ3n) is 2.88.